The number of hydrogen-bond donors (Lipinski definition) is 1. The highest BCUT2D eigenvalue weighted by atomic mass is 35.5. The van der Waals surface area contributed by atoms with E-state index >= 15 is 0 Å². The average Bonchev–Trinajstić information content (AvgIpc) is 2.60. The van der Waals surface area contributed by atoms with Gasteiger partial charge < -0.3 is 4.90 Å². The topological polar surface area (TPSA) is 20.3 Å². The van der Waals surface area contributed by atoms with Gasteiger partial charge in [0.05, 0.1) is 0 Å². The molecule has 1 aliphatic rings. The van der Waals surface area contributed by atoms with Crippen molar-refractivity contribution in [3.8, 4) is 0 Å². The van der Waals surface area contributed by atoms with E-state index in [1.165, 1.54) is 0 Å². The first kappa shape index (κ1) is 11.8. The van der Waals surface area contributed by atoms with Gasteiger partial charge in [-0.25, -0.2) is 0 Å². The standard InChI is InChI=1S/C12H14ClNOS/c13-11-3-1-2-9(4-11)6-14-7-10(8-16)5-12(14)15/h1-4,10,16H,5-8H2. The maximum Gasteiger partial charge on any atom is 0.223 e. The molecule has 0 N–H and O–H groups in total. The summed E-state index contributed by atoms with van der Waals surface area (Å²) in [4.78, 5) is 13.6. The third-order valence-corrected chi connectivity index (χ3v) is 3.57. The van der Waals surface area contributed by atoms with E-state index in [2.05, 4.69) is 12.6 Å². The highest BCUT2D eigenvalue weighted by Crippen LogP contribution is 2.21. The second-order valence-electron chi connectivity index (χ2n) is 4.16. The molecule has 0 aliphatic carbocycles. The van der Waals surface area contributed by atoms with Gasteiger partial charge in [-0.1, -0.05) is 23.7 Å². The molecule has 1 unspecified atom stereocenters. The summed E-state index contributed by atoms with van der Waals surface area (Å²) in [5.41, 5.74) is 1.08. The van der Waals surface area contributed by atoms with Gasteiger partial charge in [-0.05, 0) is 29.4 Å². The van der Waals surface area contributed by atoms with Crippen molar-refractivity contribution in [1.29, 1.82) is 0 Å². The molecule has 16 heavy (non-hydrogen) atoms. The molecular formula is C12H14ClNOS. The van der Waals surface area contributed by atoms with Crippen LogP contribution in [0.1, 0.15) is 12.0 Å². The molecule has 0 aromatic heterocycles. The number of rotatable bonds is 3. The number of hydrogen-bond acceptors (Lipinski definition) is 2. The highest BCUT2D eigenvalue weighted by molar-refractivity contribution is 7.80. The molecule has 0 bridgehead atoms. The number of carbonyl (C=O) groups is 1. The number of halogens is 1. The molecule has 1 heterocycles. The smallest absolute Gasteiger partial charge is 0.223 e. The van der Waals surface area contributed by atoms with Gasteiger partial charge in [-0.2, -0.15) is 12.6 Å². The van der Waals surface area contributed by atoms with Crippen LogP contribution in [0.5, 0.6) is 0 Å². The maximum atomic E-state index is 11.7. The molecule has 2 rings (SSSR count). The van der Waals surface area contributed by atoms with Gasteiger partial charge in [-0.15, -0.1) is 0 Å². The highest BCUT2D eigenvalue weighted by Gasteiger charge is 2.28. The van der Waals surface area contributed by atoms with Crippen molar-refractivity contribution in [2.75, 3.05) is 12.3 Å². The Morgan fingerprint density at radius 2 is 2.31 bits per heavy atom. The molecule has 1 amide bonds. The molecule has 1 aromatic rings. The van der Waals surface area contributed by atoms with Crippen LogP contribution in [0, 0.1) is 5.92 Å². The number of thiol groups is 1. The lowest BCUT2D eigenvalue weighted by Crippen LogP contribution is -2.24. The van der Waals surface area contributed by atoms with Gasteiger partial charge in [-0.3, -0.25) is 4.79 Å². The lowest BCUT2D eigenvalue weighted by molar-refractivity contribution is -0.128. The fourth-order valence-corrected chi connectivity index (χ4v) is 2.44. The average molecular weight is 256 g/mol. The molecule has 1 saturated heterocycles. The summed E-state index contributed by atoms with van der Waals surface area (Å²) >= 11 is 10.1. The third kappa shape index (κ3) is 2.71. The van der Waals surface area contributed by atoms with Crippen LogP contribution < -0.4 is 0 Å². The number of carbonyl (C=O) groups excluding carboxylic acids is 1. The third-order valence-electron chi connectivity index (χ3n) is 2.82. The Bertz CT molecular complexity index is 396. The normalized spacial score (nSPS) is 20.5. The van der Waals surface area contributed by atoms with E-state index in [0.29, 0.717) is 18.9 Å². The summed E-state index contributed by atoms with van der Waals surface area (Å²) in [6, 6.07) is 7.65. The molecule has 1 atom stereocenters. The Labute approximate surface area is 106 Å². The molecular weight excluding hydrogens is 242 g/mol. The fourth-order valence-electron chi connectivity index (χ4n) is 1.98. The minimum absolute atomic E-state index is 0.221. The first-order chi connectivity index (χ1) is 7.69. The van der Waals surface area contributed by atoms with Crippen LogP contribution in [0.2, 0.25) is 5.02 Å². The lowest BCUT2D eigenvalue weighted by Gasteiger charge is -2.16. The van der Waals surface area contributed by atoms with E-state index in [1.54, 1.807) is 0 Å². The van der Waals surface area contributed by atoms with Crippen molar-refractivity contribution in [2.45, 2.75) is 13.0 Å². The fraction of sp³-hybridized carbons (Fsp3) is 0.417. The molecule has 1 fully saturated rings. The molecule has 86 valence electrons. The molecule has 0 radical (unpaired) electrons. The SMILES string of the molecule is O=C1CC(CS)CN1Cc1cccc(Cl)c1. The summed E-state index contributed by atoms with van der Waals surface area (Å²) in [6.07, 6.45) is 0.629. The van der Waals surface area contributed by atoms with Crippen LogP contribution in [0.25, 0.3) is 0 Å². The van der Waals surface area contributed by atoms with Crippen LogP contribution in [0.3, 0.4) is 0 Å². The predicted octanol–water partition coefficient (Wildman–Crippen LogP) is 2.62. The van der Waals surface area contributed by atoms with Crippen LogP contribution in [-0.2, 0) is 11.3 Å². The largest absolute Gasteiger partial charge is 0.338 e. The number of amides is 1. The summed E-state index contributed by atoms with van der Waals surface area (Å²) < 4.78 is 0. The van der Waals surface area contributed by atoms with Crippen LogP contribution >= 0.6 is 24.2 Å². The minimum Gasteiger partial charge on any atom is -0.338 e. The summed E-state index contributed by atoms with van der Waals surface area (Å²) in [5.74, 6) is 1.40. The second-order valence-corrected chi connectivity index (χ2v) is 4.96. The van der Waals surface area contributed by atoms with Gasteiger partial charge in [0.15, 0.2) is 0 Å². The van der Waals surface area contributed by atoms with Crippen LogP contribution in [0.4, 0.5) is 0 Å². The Kier molecular flexibility index (Phi) is 3.77. The summed E-state index contributed by atoms with van der Waals surface area (Å²) in [5, 5.41) is 0.717. The van der Waals surface area contributed by atoms with Crippen LogP contribution in [0.15, 0.2) is 24.3 Å². The second kappa shape index (κ2) is 5.11. The molecule has 2 nitrogen and oxygen atoms in total. The van der Waals surface area contributed by atoms with Crippen molar-refractivity contribution in [1.82, 2.24) is 4.90 Å². The molecule has 1 aliphatic heterocycles. The van der Waals surface area contributed by atoms with Crippen LogP contribution in [-0.4, -0.2) is 23.1 Å². The van der Waals surface area contributed by atoms with E-state index in [-0.39, 0.29) is 5.91 Å². The van der Waals surface area contributed by atoms with Gasteiger partial charge in [0.1, 0.15) is 0 Å². The van der Waals surface area contributed by atoms with E-state index < -0.39 is 0 Å². The van der Waals surface area contributed by atoms with Crippen molar-refractivity contribution in [3.63, 3.8) is 0 Å². The first-order valence-corrected chi connectivity index (χ1v) is 6.33. The first-order valence-electron chi connectivity index (χ1n) is 5.32. The van der Waals surface area contributed by atoms with Crippen molar-refractivity contribution >= 4 is 30.1 Å². The zero-order chi connectivity index (χ0) is 11.5. The minimum atomic E-state index is 0.221. The van der Waals surface area contributed by atoms with Gasteiger partial charge in [0, 0.05) is 24.5 Å². The number of nitrogens with zero attached hydrogens (tertiary/aromatic N) is 1. The van der Waals surface area contributed by atoms with Crippen molar-refractivity contribution < 1.29 is 4.79 Å². The zero-order valence-corrected chi connectivity index (χ0v) is 10.5. The quantitative estimate of drug-likeness (QED) is 0.824. The zero-order valence-electron chi connectivity index (χ0n) is 8.90. The summed E-state index contributed by atoms with van der Waals surface area (Å²) in [6.45, 7) is 1.47. The van der Waals surface area contributed by atoms with Gasteiger partial charge in [0.2, 0.25) is 5.91 Å². The van der Waals surface area contributed by atoms with E-state index in [4.69, 9.17) is 11.6 Å². The monoisotopic (exact) mass is 255 g/mol. The number of likely N-dealkylation sites (tertiary alicyclic amines) is 1. The maximum absolute atomic E-state index is 11.7. The molecule has 0 spiro atoms. The van der Waals surface area contributed by atoms with Gasteiger partial charge >= 0.3 is 0 Å². The Hall–Kier alpha value is -0.670. The van der Waals surface area contributed by atoms with E-state index in [0.717, 1.165) is 22.9 Å². The molecule has 0 saturated carbocycles. The van der Waals surface area contributed by atoms with Crippen molar-refractivity contribution in [2.24, 2.45) is 5.92 Å². The Morgan fingerprint density at radius 1 is 1.50 bits per heavy atom. The lowest BCUT2D eigenvalue weighted by atomic mass is 10.1. The van der Waals surface area contributed by atoms with E-state index in [1.807, 2.05) is 29.2 Å². The predicted molar refractivity (Wildman–Crippen MR) is 68.8 cm³/mol. The summed E-state index contributed by atoms with van der Waals surface area (Å²) in [7, 11) is 0. The van der Waals surface area contributed by atoms with Gasteiger partial charge in [0.25, 0.3) is 0 Å². The Morgan fingerprint density at radius 3 is 2.94 bits per heavy atom. The van der Waals surface area contributed by atoms with E-state index in [9.17, 15) is 4.79 Å². The Balaban J connectivity index is 2.03. The molecule has 4 heteroatoms. The number of benzene rings is 1. The molecule has 1 aromatic carbocycles. The van der Waals surface area contributed by atoms with Crippen molar-refractivity contribution in [3.05, 3.63) is 34.9 Å².